The zero-order valence-electron chi connectivity index (χ0n) is 18.2. The number of benzene rings is 1. The van der Waals surface area contributed by atoms with E-state index in [1.807, 2.05) is 6.07 Å². The summed E-state index contributed by atoms with van der Waals surface area (Å²) in [6.07, 6.45) is 2.44. The van der Waals surface area contributed by atoms with Crippen LogP contribution in [0.1, 0.15) is 58.9 Å². The molecule has 4 aliphatic rings. The Morgan fingerprint density at radius 1 is 1.12 bits per heavy atom. The summed E-state index contributed by atoms with van der Waals surface area (Å²) in [5.41, 5.74) is 1.54. The number of amides is 4. The van der Waals surface area contributed by atoms with Gasteiger partial charge in [0.15, 0.2) is 0 Å². The molecule has 0 saturated carbocycles. The molecule has 3 fully saturated rings. The molecule has 2 N–H and O–H groups in total. The maximum atomic E-state index is 13.3. The van der Waals surface area contributed by atoms with E-state index in [1.165, 1.54) is 0 Å². The predicted molar refractivity (Wildman–Crippen MR) is 114 cm³/mol. The molecule has 170 valence electrons. The maximum absolute atomic E-state index is 13.3. The molecule has 9 heteroatoms. The first-order valence-electron chi connectivity index (χ1n) is 11.3. The minimum Gasteiger partial charge on any atom is -0.375 e. The summed E-state index contributed by atoms with van der Waals surface area (Å²) < 4.78 is 5.87. The van der Waals surface area contributed by atoms with Crippen molar-refractivity contribution in [3.05, 3.63) is 34.9 Å². The molecular formula is C23H28N4O5. The van der Waals surface area contributed by atoms with E-state index < -0.39 is 23.8 Å². The van der Waals surface area contributed by atoms with Gasteiger partial charge in [-0.05, 0) is 37.8 Å². The average molecular weight is 441 g/mol. The number of hydrogen-bond acceptors (Lipinski definition) is 7. The summed E-state index contributed by atoms with van der Waals surface area (Å²) in [5.74, 6) is -1.87. The Balaban J connectivity index is 1.31. The largest absolute Gasteiger partial charge is 0.375 e. The number of likely N-dealkylation sites (tertiary alicyclic amines) is 1. The van der Waals surface area contributed by atoms with Gasteiger partial charge >= 0.3 is 0 Å². The summed E-state index contributed by atoms with van der Waals surface area (Å²) in [5, 5.41) is 5.89. The summed E-state index contributed by atoms with van der Waals surface area (Å²) in [6, 6.07) is 4.37. The number of hydrogen-bond donors (Lipinski definition) is 2. The van der Waals surface area contributed by atoms with Gasteiger partial charge in [-0.2, -0.15) is 0 Å². The van der Waals surface area contributed by atoms with Crippen LogP contribution in [0.2, 0.25) is 0 Å². The fourth-order valence-electron chi connectivity index (χ4n) is 5.19. The molecule has 2 atom stereocenters. The number of nitrogens with one attached hydrogen (secondary N) is 2. The second kappa shape index (κ2) is 8.06. The van der Waals surface area contributed by atoms with Crippen LogP contribution < -0.4 is 10.6 Å². The average Bonchev–Trinajstić information content (AvgIpc) is 3.03. The third-order valence-electron chi connectivity index (χ3n) is 7.17. The molecule has 32 heavy (non-hydrogen) atoms. The summed E-state index contributed by atoms with van der Waals surface area (Å²) >= 11 is 0. The van der Waals surface area contributed by atoms with Crippen LogP contribution in [0.3, 0.4) is 0 Å². The lowest BCUT2D eigenvalue weighted by Gasteiger charge is -2.46. The van der Waals surface area contributed by atoms with Crippen LogP contribution in [0.25, 0.3) is 0 Å². The molecule has 0 aromatic heterocycles. The normalized spacial score (nSPS) is 28.2. The van der Waals surface area contributed by atoms with E-state index in [4.69, 9.17) is 4.74 Å². The van der Waals surface area contributed by atoms with Gasteiger partial charge in [-0.3, -0.25) is 34.3 Å². The molecule has 0 radical (unpaired) electrons. The second-order valence-corrected chi connectivity index (χ2v) is 9.35. The highest BCUT2D eigenvalue weighted by atomic mass is 16.5. The molecule has 0 bridgehead atoms. The van der Waals surface area contributed by atoms with Crippen molar-refractivity contribution < 1.29 is 23.9 Å². The van der Waals surface area contributed by atoms with E-state index in [2.05, 4.69) is 22.5 Å². The van der Waals surface area contributed by atoms with Gasteiger partial charge in [0, 0.05) is 38.1 Å². The van der Waals surface area contributed by atoms with E-state index in [-0.39, 0.29) is 30.4 Å². The Labute approximate surface area is 186 Å². The van der Waals surface area contributed by atoms with Crippen LogP contribution in [0.5, 0.6) is 0 Å². The summed E-state index contributed by atoms with van der Waals surface area (Å²) in [7, 11) is 0. The van der Waals surface area contributed by atoms with Gasteiger partial charge in [0.1, 0.15) is 6.04 Å². The van der Waals surface area contributed by atoms with E-state index in [9.17, 15) is 19.2 Å². The Morgan fingerprint density at radius 2 is 1.91 bits per heavy atom. The number of ether oxygens (including phenoxy) is 1. The molecule has 3 saturated heterocycles. The summed E-state index contributed by atoms with van der Waals surface area (Å²) in [4.78, 5) is 53.4. The fourth-order valence-corrected chi connectivity index (χ4v) is 5.19. The molecule has 1 spiro atoms. The zero-order valence-corrected chi connectivity index (χ0v) is 18.2. The Morgan fingerprint density at radius 3 is 2.59 bits per heavy atom. The number of rotatable bonds is 3. The molecule has 1 aromatic carbocycles. The van der Waals surface area contributed by atoms with Crippen LogP contribution in [-0.4, -0.2) is 77.4 Å². The topological polar surface area (TPSA) is 108 Å². The minimum absolute atomic E-state index is 0.0238. The van der Waals surface area contributed by atoms with Gasteiger partial charge in [0.2, 0.25) is 11.8 Å². The van der Waals surface area contributed by atoms with Crippen molar-refractivity contribution in [3.8, 4) is 0 Å². The van der Waals surface area contributed by atoms with E-state index >= 15 is 0 Å². The van der Waals surface area contributed by atoms with E-state index in [0.717, 1.165) is 49.5 Å². The lowest BCUT2D eigenvalue weighted by Crippen LogP contribution is -2.61. The number of carbonyl (C=O) groups is 4. The number of carbonyl (C=O) groups excluding carboxylic acids is 4. The third kappa shape index (κ3) is 3.64. The maximum Gasteiger partial charge on any atom is 0.262 e. The quantitative estimate of drug-likeness (QED) is 0.657. The van der Waals surface area contributed by atoms with Crippen molar-refractivity contribution in [1.82, 2.24) is 20.4 Å². The first-order valence-corrected chi connectivity index (χ1v) is 11.3. The first-order chi connectivity index (χ1) is 15.4. The zero-order chi connectivity index (χ0) is 22.5. The van der Waals surface area contributed by atoms with Crippen molar-refractivity contribution in [2.45, 2.75) is 56.8 Å². The molecule has 1 aromatic rings. The van der Waals surface area contributed by atoms with Crippen molar-refractivity contribution in [2.24, 2.45) is 0 Å². The van der Waals surface area contributed by atoms with Gasteiger partial charge in [0.25, 0.3) is 11.8 Å². The second-order valence-electron chi connectivity index (χ2n) is 9.35. The number of fused-ring (bicyclic) bond motifs is 1. The highest BCUT2D eigenvalue weighted by Crippen LogP contribution is 2.32. The first kappa shape index (κ1) is 21.2. The van der Waals surface area contributed by atoms with Gasteiger partial charge in [-0.15, -0.1) is 0 Å². The number of imide groups is 2. The van der Waals surface area contributed by atoms with Crippen LogP contribution in [0.15, 0.2) is 18.2 Å². The standard InChI is InChI=1S/C23H28N4O5/c1-14-11-24-23(13-32-14)7-9-26(10-8-23)12-15-3-2-4-16-19(15)22(31)27(21(16)30)17-5-6-18(28)25-20(17)29/h2-4,14,17,24H,5-13H2,1H3,(H,25,28,29). The lowest BCUT2D eigenvalue weighted by atomic mass is 9.86. The molecule has 4 aliphatic heterocycles. The molecule has 5 rings (SSSR count). The molecule has 0 aliphatic carbocycles. The third-order valence-corrected chi connectivity index (χ3v) is 7.17. The van der Waals surface area contributed by atoms with Crippen molar-refractivity contribution in [1.29, 1.82) is 0 Å². The summed E-state index contributed by atoms with van der Waals surface area (Å²) in [6.45, 7) is 5.95. The number of nitrogens with zero attached hydrogens (tertiary/aromatic N) is 2. The highest BCUT2D eigenvalue weighted by molar-refractivity contribution is 6.24. The lowest BCUT2D eigenvalue weighted by molar-refractivity contribution is -0.136. The van der Waals surface area contributed by atoms with Crippen LogP contribution in [0.4, 0.5) is 0 Å². The van der Waals surface area contributed by atoms with E-state index in [0.29, 0.717) is 17.7 Å². The van der Waals surface area contributed by atoms with Gasteiger partial charge in [-0.25, -0.2) is 0 Å². The molecular weight excluding hydrogens is 412 g/mol. The Hall–Kier alpha value is -2.62. The van der Waals surface area contributed by atoms with Crippen LogP contribution in [-0.2, 0) is 20.9 Å². The van der Waals surface area contributed by atoms with Gasteiger partial charge < -0.3 is 10.1 Å². The van der Waals surface area contributed by atoms with Crippen LogP contribution >= 0.6 is 0 Å². The Kier molecular flexibility index (Phi) is 5.35. The van der Waals surface area contributed by atoms with E-state index in [1.54, 1.807) is 12.1 Å². The SMILES string of the molecule is CC1CNC2(CCN(Cc3cccc4c3C(=O)N(C3CCC(=O)NC3=O)C4=O)CC2)CO1. The fraction of sp³-hybridized carbons (Fsp3) is 0.565. The molecule has 9 nitrogen and oxygen atoms in total. The molecule has 2 unspecified atom stereocenters. The van der Waals surface area contributed by atoms with Gasteiger partial charge in [-0.1, -0.05) is 12.1 Å². The van der Waals surface area contributed by atoms with Gasteiger partial charge in [0.05, 0.1) is 23.8 Å². The van der Waals surface area contributed by atoms with Crippen molar-refractivity contribution >= 4 is 23.6 Å². The van der Waals surface area contributed by atoms with Crippen molar-refractivity contribution in [3.63, 3.8) is 0 Å². The van der Waals surface area contributed by atoms with Crippen molar-refractivity contribution in [2.75, 3.05) is 26.2 Å². The molecule has 4 heterocycles. The predicted octanol–water partition coefficient (Wildman–Crippen LogP) is 0.431. The minimum atomic E-state index is -0.942. The smallest absolute Gasteiger partial charge is 0.262 e. The molecule has 4 amide bonds. The monoisotopic (exact) mass is 440 g/mol. The van der Waals surface area contributed by atoms with Crippen LogP contribution in [0, 0.1) is 0 Å². The number of piperidine rings is 2. The Bertz CT molecular complexity index is 975. The highest BCUT2D eigenvalue weighted by Gasteiger charge is 2.46. The number of morpholine rings is 1.